The normalized spacial score (nSPS) is 17.4. The molecule has 1 unspecified atom stereocenters. The zero-order valence-electron chi connectivity index (χ0n) is 16.8. The first-order chi connectivity index (χ1) is 14.1. The van der Waals surface area contributed by atoms with Crippen molar-refractivity contribution < 1.29 is 19.1 Å². The van der Waals surface area contributed by atoms with Gasteiger partial charge in [0.2, 0.25) is 0 Å². The van der Waals surface area contributed by atoms with Crippen LogP contribution in [-0.2, 0) is 19.1 Å². The molecule has 29 heavy (non-hydrogen) atoms. The van der Waals surface area contributed by atoms with Crippen molar-refractivity contribution >= 4 is 36.9 Å². The van der Waals surface area contributed by atoms with Gasteiger partial charge in [-0.05, 0) is 0 Å². The zero-order valence-corrected chi connectivity index (χ0v) is 18.5. The van der Waals surface area contributed by atoms with Crippen LogP contribution in [0.15, 0.2) is 66.7 Å². The Morgan fingerprint density at radius 2 is 1.48 bits per heavy atom. The Kier molecular flexibility index (Phi) is 7.29. The number of rotatable bonds is 8. The van der Waals surface area contributed by atoms with Crippen LogP contribution in [0.3, 0.4) is 0 Å². The molecule has 0 spiro atoms. The van der Waals surface area contributed by atoms with Crippen LogP contribution in [0.4, 0.5) is 0 Å². The van der Waals surface area contributed by atoms with E-state index in [1.165, 1.54) is 4.46 Å². The van der Waals surface area contributed by atoms with E-state index in [1.807, 2.05) is 54.6 Å². The Hall–Kier alpha value is -2.36. The summed E-state index contributed by atoms with van der Waals surface area (Å²) < 4.78 is 11.9. The summed E-state index contributed by atoms with van der Waals surface area (Å²) in [5, 5.41) is 0.901. The number of hydrogen-bond acceptors (Lipinski definition) is 4. The van der Waals surface area contributed by atoms with Crippen LogP contribution in [0.2, 0.25) is 5.32 Å². The molecule has 2 aromatic rings. The van der Waals surface area contributed by atoms with E-state index in [2.05, 4.69) is 12.1 Å². The van der Waals surface area contributed by atoms with E-state index in [-0.39, 0.29) is 34.1 Å². The number of allylic oxidation sites excluding steroid dienone is 1. The van der Waals surface area contributed by atoms with E-state index in [4.69, 9.17) is 9.47 Å². The summed E-state index contributed by atoms with van der Waals surface area (Å²) in [5.74, 6) is -0.936. The Bertz CT molecular complexity index is 843. The average Bonchev–Trinajstić information content (AvgIpc) is 3.15. The number of hydrogen-bond donors (Lipinski definition) is 0. The first kappa shape index (κ1) is 21.4. The second kappa shape index (κ2) is 9.91. The Morgan fingerprint density at radius 3 is 2.03 bits per heavy atom. The van der Waals surface area contributed by atoms with E-state index >= 15 is 0 Å². The second-order valence-electron chi connectivity index (χ2n) is 6.90. The molecule has 5 heteroatoms. The predicted octanol–water partition coefficient (Wildman–Crippen LogP) is 3.65. The summed E-state index contributed by atoms with van der Waals surface area (Å²) in [5.41, 5.74) is 0.704. The van der Waals surface area contributed by atoms with Gasteiger partial charge in [0.15, 0.2) is 0 Å². The van der Waals surface area contributed by atoms with Crippen LogP contribution < -0.4 is 4.46 Å². The van der Waals surface area contributed by atoms with Crippen molar-refractivity contribution in [2.75, 3.05) is 13.2 Å². The van der Waals surface area contributed by atoms with E-state index in [0.29, 0.717) is 6.42 Å². The molecule has 0 radical (unpaired) electrons. The molecule has 0 fully saturated rings. The fourth-order valence-corrected chi connectivity index (χ4v) is 5.82. The molecule has 0 heterocycles. The van der Waals surface area contributed by atoms with Crippen LogP contribution >= 0.6 is 0 Å². The minimum absolute atomic E-state index is 0.0893. The van der Waals surface area contributed by atoms with E-state index in [9.17, 15) is 9.59 Å². The summed E-state index contributed by atoms with van der Waals surface area (Å²) in [6.45, 7) is 3.97. The number of ether oxygens (including phenoxy) is 2. The molecular weight excluding hydrogens is 431 g/mol. The fourth-order valence-electron chi connectivity index (χ4n) is 3.64. The summed E-state index contributed by atoms with van der Waals surface area (Å²) >= 11 is 0.235. The third-order valence-electron chi connectivity index (χ3n) is 4.99. The SMILES string of the molecule is CCOC(=O)C1(C(=O)OCC)C=C(c2ccccc2)C(C[Se]c2ccccc2)C1. The Labute approximate surface area is 178 Å². The van der Waals surface area contributed by atoms with Gasteiger partial charge in [-0.3, -0.25) is 0 Å². The van der Waals surface area contributed by atoms with Crippen molar-refractivity contribution in [2.45, 2.75) is 25.6 Å². The second-order valence-corrected chi connectivity index (χ2v) is 9.20. The topological polar surface area (TPSA) is 52.6 Å². The van der Waals surface area contributed by atoms with Crippen molar-refractivity contribution in [3.8, 4) is 0 Å². The van der Waals surface area contributed by atoms with Crippen LogP contribution in [0.1, 0.15) is 25.8 Å². The van der Waals surface area contributed by atoms with Crippen LogP contribution in [0, 0.1) is 11.3 Å². The summed E-state index contributed by atoms with van der Waals surface area (Å²) in [7, 11) is 0. The van der Waals surface area contributed by atoms with Crippen molar-refractivity contribution in [3.63, 3.8) is 0 Å². The van der Waals surface area contributed by atoms with Crippen LogP contribution in [-0.4, -0.2) is 40.1 Å². The van der Waals surface area contributed by atoms with Gasteiger partial charge in [0.25, 0.3) is 0 Å². The molecule has 152 valence electrons. The standard InChI is InChI=1S/C24H26O4Se/c1-3-27-22(25)24(23(26)28-4-2)15-19(17-29-20-13-9-6-10-14-20)21(16-24)18-11-7-5-8-12-18/h5-14,16,19H,3-4,15,17H2,1-2H3. The molecule has 1 aliphatic carbocycles. The molecule has 0 amide bonds. The maximum atomic E-state index is 12.9. The number of carbonyl (C=O) groups is 2. The van der Waals surface area contributed by atoms with Crippen molar-refractivity contribution in [1.29, 1.82) is 0 Å². The molecule has 0 bridgehead atoms. The molecule has 0 saturated carbocycles. The first-order valence-electron chi connectivity index (χ1n) is 9.91. The Balaban J connectivity index is 1.96. The average molecular weight is 457 g/mol. The zero-order chi connectivity index (χ0) is 20.7. The minimum atomic E-state index is -1.37. The molecule has 2 aromatic carbocycles. The molecule has 0 aliphatic heterocycles. The van der Waals surface area contributed by atoms with Crippen molar-refractivity contribution in [2.24, 2.45) is 11.3 Å². The van der Waals surface area contributed by atoms with Gasteiger partial charge in [-0.2, -0.15) is 0 Å². The first-order valence-corrected chi connectivity index (χ1v) is 12.0. The maximum absolute atomic E-state index is 12.9. The third-order valence-corrected chi connectivity index (χ3v) is 7.46. The molecule has 3 rings (SSSR count). The monoisotopic (exact) mass is 458 g/mol. The van der Waals surface area contributed by atoms with Crippen LogP contribution in [0.5, 0.6) is 0 Å². The van der Waals surface area contributed by atoms with Gasteiger partial charge >= 0.3 is 178 Å². The van der Waals surface area contributed by atoms with Gasteiger partial charge in [-0.15, -0.1) is 0 Å². The number of esters is 2. The third kappa shape index (κ3) is 4.80. The number of benzene rings is 2. The van der Waals surface area contributed by atoms with Gasteiger partial charge in [0.1, 0.15) is 0 Å². The quantitative estimate of drug-likeness (QED) is 0.345. The van der Waals surface area contributed by atoms with Gasteiger partial charge < -0.3 is 0 Å². The summed E-state index contributed by atoms with van der Waals surface area (Å²) in [6, 6.07) is 20.3. The van der Waals surface area contributed by atoms with E-state index in [0.717, 1.165) is 16.5 Å². The summed E-state index contributed by atoms with van der Waals surface area (Å²) in [6.07, 6.45) is 2.20. The fraction of sp³-hybridized carbons (Fsp3) is 0.333. The van der Waals surface area contributed by atoms with E-state index in [1.54, 1.807) is 13.8 Å². The van der Waals surface area contributed by atoms with Crippen molar-refractivity contribution in [3.05, 3.63) is 72.3 Å². The molecular formula is C24H26O4Se. The summed E-state index contributed by atoms with van der Waals surface area (Å²) in [4.78, 5) is 25.8. The van der Waals surface area contributed by atoms with E-state index < -0.39 is 17.4 Å². The molecule has 1 aliphatic rings. The predicted molar refractivity (Wildman–Crippen MR) is 115 cm³/mol. The van der Waals surface area contributed by atoms with Gasteiger partial charge in [0, 0.05) is 0 Å². The molecule has 0 aromatic heterocycles. The molecule has 4 nitrogen and oxygen atoms in total. The molecule has 0 saturated heterocycles. The van der Waals surface area contributed by atoms with Gasteiger partial charge in [-0.25, -0.2) is 0 Å². The molecule has 1 atom stereocenters. The molecule has 0 N–H and O–H groups in total. The van der Waals surface area contributed by atoms with Gasteiger partial charge in [0.05, 0.1) is 0 Å². The van der Waals surface area contributed by atoms with Crippen molar-refractivity contribution in [1.82, 2.24) is 0 Å². The van der Waals surface area contributed by atoms with Gasteiger partial charge in [-0.1, -0.05) is 0 Å². The Morgan fingerprint density at radius 1 is 0.931 bits per heavy atom. The van der Waals surface area contributed by atoms with Crippen LogP contribution in [0.25, 0.3) is 5.57 Å². The number of carbonyl (C=O) groups excluding carboxylic acids is 2.